The molecule has 1 aromatic rings. The van der Waals surface area contributed by atoms with Crippen molar-refractivity contribution in [2.45, 2.75) is 12.5 Å². The first kappa shape index (κ1) is 10.8. The standard InChI is InChI=1S/C9H11Cl2NO/c1-9(12,5-13)8-6(10)3-2-4-7(8)11/h2-4,13H,5,12H2,1H3. The third kappa shape index (κ3) is 2.15. The van der Waals surface area contributed by atoms with Gasteiger partial charge >= 0.3 is 0 Å². The quantitative estimate of drug-likeness (QED) is 0.802. The van der Waals surface area contributed by atoms with E-state index in [0.717, 1.165) is 0 Å². The number of halogens is 2. The second kappa shape index (κ2) is 3.84. The van der Waals surface area contributed by atoms with E-state index >= 15 is 0 Å². The van der Waals surface area contributed by atoms with E-state index in [1.165, 1.54) is 0 Å². The molecule has 0 aromatic heterocycles. The van der Waals surface area contributed by atoms with Crippen LogP contribution in [0.1, 0.15) is 12.5 Å². The summed E-state index contributed by atoms with van der Waals surface area (Å²) in [6.07, 6.45) is 0. The molecule has 0 fully saturated rings. The van der Waals surface area contributed by atoms with E-state index in [1.807, 2.05) is 0 Å². The Kier molecular flexibility index (Phi) is 3.19. The lowest BCUT2D eigenvalue weighted by molar-refractivity contribution is 0.210. The van der Waals surface area contributed by atoms with Gasteiger partial charge in [-0.05, 0) is 19.1 Å². The first-order chi connectivity index (χ1) is 5.99. The second-order valence-electron chi connectivity index (χ2n) is 3.17. The van der Waals surface area contributed by atoms with Crippen LogP contribution in [0.3, 0.4) is 0 Å². The van der Waals surface area contributed by atoms with Gasteiger partial charge in [-0.3, -0.25) is 0 Å². The Hall–Kier alpha value is -0.280. The Morgan fingerprint density at radius 3 is 2.23 bits per heavy atom. The summed E-state index contributed by atoms with van der Waals surface area (Å²) in [5.41, 5.74) is 5.51. The molecule has 0 amide bonds. The highest BCUT2D eigenvalue weighted by molar-refractivity contribution is 6.36. The molecular formula is C9H11Cl2NO. The van der Waals surface area contributed by atoms with E-state index in [0.29, 0.717) is 15.6 Å². The van der Waals surface area contributed by atoms with Crippen molar-refractivity contribution in [3.05, 3.63) is 33.8 Å². The average molecular weight is 220 g/mol. The van der Waals surface area contributed by atoms with Gasteiger partial charge < -0.3 is 10.8 Å². The molecule has 0 aliphatic heterocycles. The van der Waals surface area contributed by atoms with E-state index in [1.54, 1.807) is 25.1 Å². The second-order valence-corrected chi connectivity index (χ2v) is 3.99. The Bertz CT molecular complexity index is 292. The minimum atomic E-state index is -0.893. The zero-order valence-corrected chi connectivity index (χ0v) is 8.73. The first-order valence-corrected chi connectivity index (χ1v) is 4.59. The van der Waals surface area contributed by atoms with Gasteiger partial charge in [0.1, 0.15) is 0 Å². The maximum atomic E-state index is 9.05. The van der Waals surface area contributed by atoms with Crippen LogP contribution in [0.2, 0.25) is 10.0 Å². The fourth-order valence-corrected chi connectivity index (χ4v) is 1.95. The molecule has 0 radical (unpaired) electrons. The molecule has 0 aliphatic rings. The molecule has 2 nitrogen and oxygen atoms in total. The summed E-state index contributed by atoms with van der Waals surface area (Å²) < 4.78 is 0. The summed E-state index contributed by atoms with van der Waals surface area (Å²) in [4.78, 5) is 0. The van der Waals surface area contributed by atoms with Crippen molar-refractivity contribution in [1.82, 2.24) is 0 Å². The maximum absolute atomic E-state index is 9.05. The van der Waals surface area contributed by atoms with E-state index in [9.17, 15) is 0 Å². The highest BCUT2D eigenvalue weighted by Crippen LogP contribution is 2.32. The SMILES string of the molecule is CC(N)(CO)c1c(Cl)cccc1Cl. The number of aliphatic hydroxyl groups is 1. The average Bonchev–Trinajstić information content (AvgIpc) is 2.03. The van der Waals surface area contributed by atoms with Crippen molar-refractivity contribution < 1.29 is 5.11 Å². The van der Waals surface area contributed by atoms with Crippen LogP contribution in [0.4, 0.5) is 0 Å². The molecule has 4 heteroatoms. The van der Waals surface area contributed by atoms with E-state index in [2.05, 4.69) is 0 Å². The van der Waals surface area contributed by atoms with Crippen molar-refractivity contribution in [3.63, 3.8) is 0 Å². The van der Waals surface area contributed by atoms with Crippen molar-refractivity contribution in [2.24, 2.45) is 5.73 Å². The zero-order chi connectivity index (χ0) is 10.1. The lowest BCUT2D eigenvalue weighted by Crippen LogP contribution is -2.37. The van der Waals surface area contributed by atoms with Crippen molar-refractivity contribution in [1.29, 1.82) is 0 Å². The smallest absolute Gasteiger partial charge is 0.0651 e. The van der Waals surface area contributed by atoms with Gasteiger partial charge in [-0.15, -0.1) is 0 Å². The summed E-state index contributed by atoms with van der Waals surface area (Å²) >= 11 is 11.8. The number of hydrogen-bond donors (Lipinski definition) is 2. The minimum Gasteiger partial charge on any atom is -0.394 e. The molecule has 0 heterocycles. The van der Waals surface area contributed by atoms with Crippen molar-refractivity contribution in [2.75, 3.05) is 6.61 Å². The Balaban J connectivity index is 3.28. The van der Waals surface area contributed by atoms with Crippen LogP contribution in [0.5, 0.6) is 0 Å². The predicted molar refractivity (Wildman–Crippen MR) is 55.1 cm³/mol. The Morgan fingerprint density at radius 1 is 1.38 bits per heavy atom. The molecule has 1 unspecified atom stereocenters. The summed E-state index contributed by atoms with van der Waals surface area (Å²) in [6.45, 7) is 1.48. The molecule has 72 valence electrons. The van der Waals surface area contributed by atoms with Crippen LogP contribution in [0, 0.1) is 0 Å². The largest absolute Gasteiger partial charge is 0.394 e. The zero-order valence-electron chi connectivity index (χ0n) is 7.22. The van der Waals surface area contributed by atoms with Crippen LogP contribution in [0.25, 0.3) is 0 Å². The normalized spacial score (nSPS) is 15.5. The fourth-order valence-electron chi connectivity index (χ4n) is 1.12. The molecule has 3 N–H and O–H groups in total. The lowest BCUT2D eigenvalue weighted by Gasteiger charge is -2.24. The number of rotatable bonds is 2. The minimum absolute atomic E-state index is 0.198. The van der Waals surface area contributed by atoms with Gasteiger partial charge in [0.2, 0.25) is 0 Å². The Labute approximate surface area is 87.3 Å². The topological polar surface area (TPSA) is 46.2 Å². The molecule has 13 heavy (non-hydrogen) atoms. The van der Waals surface area contributed by atoms with Gasteiger partial charge in [-0.2, -0.15) is 0 Å². The van der Waals surface area contributed by atoms with Crippen molar-refractivity contribution >= 4 is 23.2 Å². The van der Waals surface area contributed by atoms with Crippen molar-refractivity contribution in [3.8, 4) is 0 Å². The third-order valence-electron chi connectivity index (χ3n) is 1.86. The van der Waals surface area contributed by atoms with Crippen LogP contribution in [0.15, 0.2) is 18.2 Å². The molecule has 0 bridgehead atoms. The Morgan fingerprint density at radius 2 is 1.85 bits per heavy atom. The molecule has 0 saturated carbocycles. The fraction of sp³-hybridized carbons (Fsp3) is 0.333. The van der Waals surface area contributed by atoms with E-state index in [4.69, 9.17) is 34.0 Å². The van der Waals surface area contributed by atoms with Gasteiger partial charge in [-0.25, -0.2) is 0 Å². The summed E-state index contributed by atoms with van der Waals surface area (Å²) in [6, 6.07) is 5.13. The highest BCUT2D eigenvalue weighted by Gasteiger charge is 2.25. The summed E-state index contributed by atoms with van der Waals surface area (Å²) in [7, 11) is 0. The van der Waals surface area contributed by atoms with Gasteiger partial charge in [0.25, 0.3) is 0 Å². The number of nitrogens with two attached hydrogens (primary N) is 1. The highest BCUT2D eigenvalue weighted by atomic mass is 35.5. The molecule has 1 rings (SSSR count). The van der Waals surface area contributed by atoms with Gasteiger partial charge in [0.05, 0.1) is 12.1 Å². The monoisotopic (exact) mass is 219 g/mol. The van der Waals surface area contributed by atoms with Crippen LogP contribution in [-0.4, -0.2) is 11.7 Å². The molecular weight excluding hydrogens is 209 g/mol. The van der Waals surface area contributed by atoms with Crippen LogP contribution < -0.4 is 5.73 Å². The van der Waals surface area contributed by atoms with Crippen LogP contribution >= 0.6 is 23.2 Å². The lowest BCUT2D eigenvalue weighted by atomic mass is 9.94. The molecule has 1 atom stereocenters. The molecule has 0 saturated heterocycles. The number of hydrogen-bond acceptors (Lipinski definition) is 2. The van der Waals surface area contributed by atoms with Gasteiger partial charge in [0.15, 0.2) is 0 Å². The number of aliphatic hydroxyl groups excluding tert-OH is 1. The third-order valence-corrected chi connectivity index (χ3v) is 2.49. The van der Waals surface area contributed by atoms with Gasteiger partial charge in [0, 0.05) is 15.6 Å². The number of benzene rings is 1. The van der Waals surface area contributed by atoms with Gasteiger partial charge in [-0.1, -0.05) is 29.3 Å². The van der Waals surface area contributed by atoms with Crippen LogP contribution in [-0.2, 0) is 5.54 Å². The first-order valence-electron chi connectivity index (χ1n) is 3.83. The molecule has 0 aliphatic carbocycles. The molecule has 0 spiro atoms. The van der Waals surface area contributed by atoms with E-state index < -0.39 is 5.54 Å². The predicted octanol–water partition coefficient (Wildman–Crippen LogP) is 2.16. The summed E-state index contributed by atoms with van der Waals surface area (Å²) in [5.74, 6) is 0. The maximum Gasteiger partial charge on any atom is 0.0651 e. The molecule has 1 aromatic carbocycles. The van der Waals surface area contributed by atoms with E-state index in [-0.39, 0.29) is 6.61 Å². The summed E-state index contributed by atoms with van der Waals surface area (Å²) in [5, 5.41) is 10.0.